The lowest BCUT2D eigenvalue weighted by Crippen LogP contribution is -1.79. The Bertz CT molecular complexity index is 417. The van der Waals surface area contributed by atoms with E-state index in [0.29, 0.717) is 5.88 Å². The molecule has 2 aromatic rings. The highest BCUT2D eigenvalue weighted by molar-refractivity contribution is 6.17. The summed E-state index contributed by atoms with van der Waals surface area (Å²) in [6.07, 6.45) is 0.801. The first-order valence-electron chi connectivity index (χ1n) is 4.35. The van der Waals surface area contributed by atoms with Gasteiger partial charge in [-0.05, 0) is 18.6 Å². The molecule has 0 fully saturated rings. The van der Waals surface area contributed by atoms with E-state index in [4.69, 9.17) is 16.0 Å². The van der Waals surface area contributed by atoms with Gasteiger partial charge in [-0.2, -0.15) is 0 Å². The molecule has 0 saturated carbocycles. The summed E-state index contributed by atoms with van der Waals surface area (Å²) in [7, 11) is 0. The molecule has 0 N–H and O–H groups in total. The number of benzene rings is 1. The van der Waals surface area contributed by atoms with Gasteiger partial charge in [0.2, 0.25) is 0 Å². The van der Waals surface area contributed by atoms with Crippen LogP contribution in [0.5, 0.6) is 0 Å². The minimum absolute atomic E-state index is 0.610. The van der Waals surface area contributed by atoms with E-state index in [1.54, 1.807) is 0 Å². The second kappa shape index (κ2) is 3.43. The SMILES string of the molecule is Cc1cccc2cc(CCCl)oc12. The molecule has 68 valence electrons. The van der Waals surface area contributed by atoms with Crippen molar-refractivity contribution in [2.24, 2.45) is 0 Å². The molecule has 1 aromatic heterocycles. The molecule has 0 amide bonds. The van der Waals surface area contributed by atoms with Crippen molar-refractivity contribution in [1.82, 2.24) is 0 Å². The van der Waals surface area contributed by atoms with Crippen molar-refractivity contribution in [1.29, 1.82) is 0 Å². The Labute approximate surface area is 82.3 Å². The number of hydrogen-bond donors (Lipinski definition) is 0. The predicted molar refractivity (Wildman–Crippen MR) is 55.4 cm³/mol. The number of rotatable bonds is 2. The third-order valence-corrected chi connectivity index (χ3v) is 2.32. The summed E-state index contributed by atoms with van der Waals surface area (Å²) in [5.41, 5.74) is 2.17. The first kappa shape index (κ1) is 8.64. The third kappa shape index (κ3) is 1.56. The normalized spacial score (nSPS) is 10.9. The fraction of sp³-hybridized carbons (Fsp3) is 0.273. The number of halogens is 1. The van der Waals surface area contributed by atoms with Gasteiger partial charge in [-0.3, -0.25) is 0 Å². The van der Waals surface area contributed by atoms with E-state index in [0.717, 1.165) is 17.8 Å². The zero-order valence-corrected chi connectivity index (χ0v) is 8.27. The highest BCUT2D eigenvalue weighted by Gasteiger charge is 2.04. The zero-order valence-electron chi connectivity index (χ0n) is 7.51. The molecule has 0 spiro atoms. The molecule has 1 nitrogen and oxygen atoms in total. The predicted octanol–water partition coefficient (Wildman–Crippen LogP) is 3.52. The molecule has 13 heavy (non-hydrogen) atoms. The topological polar surface area (TPSA) is 13.1 Å². The lowest BCUT2D eigenvalue weighted by Gasteiger charge is -1.92. The summed E-state index contributed by atoms with van der Waals surface area (Å²) in [6.45, 7) is 2.05. The largest absolute Gasteiger partial charge is 0.461 e. The van der Waals surface area contributed by atoms with Gasteiger partial charge in [-0.15, -0.1) is 11.6 Å². The minimum atomic E-state index is 0.610. The van der Waals surface area contributed by atoms with Crippen LogP contribution in [0.1, 0.15) is 11.3 Å². The molecular formula is C11H11ClO. The summed E-state index contributed by atoms with van der Waals surface area (Å²) >= 11 is 5.64. The molecule has 0 saturated heterocycles. The van der Waals surface area contributed by atoms with Crippen LogP contribution < -0.4 is 0 Å². The van der Waals surface area contributed by atoms with E-state index in [-0.39, 0.29) is 0 Å². The fourth-order valence-corrected chi connectivity index (χ4v) is 1.66. The molecule has 2 heteroatoms. The maximum Gasteiger partial charge on any atom is 0.137 e. The Kier molecular flexibility index (Phi) is 2.28. The standard InChI is InChI=1S/C11H11ClO/c1-8-3-2-4-9-7-10(5-6-12)13-11(8)9/h2-4,7H,5-6H2,1H3. The molecule has 0 aliphatic rings. The summed E-state index contributed by atoms with van der Waals surface area (Å²) in [5.74, 6) is 1.58. The van der Waals surface area contributed by atoms with Crippen molar-refractivity contribution < 1.29 is 4.42 Å². The molecule has 2 rings (SSSR count). The molecule has 1 aromatic carbocycles. The van der Waals surface area contributed by atoms with E-state index < -0.39 is 0 Å². The molecule has 1 heterocycles. The highest BCUT2D eigenvalue weighted by Crippen LogP contribution is 2.22. The van der Waals surface area contributed by atoms with Crippen molar-refractivity contribution in [2.75, 3.05) is 5.88 Å². The van der Waals surface area contributed by atoms with Crippen molar-refractivity contribution in [3.8, 4) is 0 Å². The summed E-state index contributed by atoms with van der Waals surface area (Å²) < 4.78 is 5.65. The number of aryl methyl sites for hydroxylation is 2. The first-order valence-corrected chi connectivity index (χ1v) is 4.88. The molecule has 0 bridgehead atoms. The average Bonchev–Trinajstić information content (AvgIpc) is 2.49. The minimum Gasteiger partial charge on any atom is -0.461 e. The van der Waals surface area contributed by atoms with Gasteiger partial charge in [-0.25, -0.2) is 0 Å². The molecule has 0 aliphatic carbocycles. The van der Waals surface area contributed by atoms with Crippen LogP contribution in [0.3, 0.4) is 0 Å². The van der Waals surface area contributed by atoms with Gasteiger partial charge in [-0.1, -0.05) is 18.2 Å². The number of fused-ring (bicyclic) bond motifs is 1. The Hall–Kier alpha value is -0.950. The van der Waals surface area contributed by atoms with Gasteiger partial charge in [0.25, 0.3) is 0 Å². The third-order valence-electron chi connectivity index (χ3n) is 2.13. The van der Waals surface area contributed by atoms with E-state index in [1.807, 2.05) is 6.07 Å². The summed E-state index contributed by atoms with van der Waals surface area (Å²) in [5, 5.41) is 1.17. The van der Waals surface area contributed by atoms with Crippen molar-refractivity contribution in [3.63, 3.8) is 0 Å². The zero-order chi connectivity index (χ0) is 9.26. The van der Waals surface area contributed by atoms with Crippen LogP contribution in [-0.2, 0) is 6.42 Å². The highest BCUT2D eigenvalue weighted by atomic mass is 35.5. The van der Waals surface area contributed by atoms with Crippen molar-refractivity contribution in [2.45, 2.75) is 13.3 Å². The van der Waals surface area contributed by atoms with Gasteiger partial charge < -0.3 is 4.42 Å². The Morgan fingerprint density at radius 1 is 1.38 bits per heavy atom. The lowest BCUT2D eigenvalue weighted by molar-refractivity contribution is 0.556. The molecule has 0 atom stereocenters. The van der Waals surface area contributed by atoms with Gasteiger partial charge in [0, 0.05) is 17.7 Å². The quantitative estimate of drug-likeness (QED) is 0.667. The summed E-state index contributed by atoms with van der Waals surface area (Å²) in [6, 6.07) is 8.21. The van der Waals surface area contributed by atoms with Crippen molar-refractivity contribution >= 4 is 22.6 Å². The second-order valence-corrected chi connectivity index (χ2v) is 3.52. The van der Waals surface area contributed by atoms with Crippen LogP contribution in [0.4, 0.5) is 0 Å². The van der Waals surface area contributed by atoms with E-state index in [9.17, 15) is 0 Å². The second-order valence-electron chi connectivity index (χ2n) is 3.14. The van der Waals surface area contributed by atoms with Crippen LogP contribution in [-0.4, -0.2) is 5.88 Å². The van der Waals surface area contributed by atoms with Crippen LogP contribution in [0.15, 0.2) is 28.7 Å². The first-order chi connectivity index (χ1) is 6.31. The maximum atomic E-state index is 5.65. The number of hydrogen-bond acceptors (Lipinski definition) is 1. The Morgan fingerprint density at radius 2 is 2.23 bits per heavy atom. The molecular weight excluding hydrogens is 184 g/mol. The van der Waals surface area contributed by atoms with Crippen LogP contribution in [0, 0.1) is 6.92 Å². The Balaban J connectivity index is 2.55. The number of alkyl halides is 1. The number of para-hydroxylation sites is 1. The van der Waals surface area contributed by atoms with Gasteiger partial charge in [0.15, 0.2) is 0 Å². The van der Waals surface area contributed by atoms with E-state index in [1.165, 1.54) is 10.9 Å². The Morgan fingerprint density at radius 3 is 2.92 bits per heavy atom. The molecule has 0 unspecified atom stereocenters. The monoisotopic (exact) mass is 194 g/mol. The molecule has 0 aliphatic heterocycles. The lowest BCUT2D eigenvalue weighted by atomic mass is 10.2. The van der Waals surface area contributed by atoms with Crippen LogP contribution in [0.2, 0.25) is 0 Å². The van der Waals surface area contributed by atoms with Crippen LogP contribution in [0.25, 0.3) is 11.0 Å². The fourth-order valence-electron chi connectivity index (χ4n) is 1.48. The average molecular weight is 195 g/mol. The molecule has 0 radical (unpaired) electrons. The summed E-state index contributed by atoms with van der Waals surface area (Å²) in [4.78, 5) is 0. The van der Waals surface area contributed by atoms with E-state index in [2.05, 4.69) is 25.1 Å². The van der Waals surface area contributed by atoms with Gasteiger partial charge in [0.1, 0.15) is 11.3 Å². The maximum absolute atomic E-state index is 5.65. The van der Waals surface area contributed by atoms with Crippen molar-refractivity contribution in [3.05, 3.63) is 35.6 Å². The van der Waals surface area contributed by atoms with Crippen LogP contribution >= 0.6 is 11.6 Å². The number of furan rings is 1. The van der Waals surface area contributed by atoms with Gasteiger partial charge >= 0.3 is 0 Å². The smallest absolute Gasteiger partial charge is 0.137 e. The van der Waals surface area contributed by atoms with Gasteiger partial charge in [0.05, 0.1) is 0 Å². The van der Waals surface area contributed by atoms with E-state index >= 15 is 0 Å².